The van der Waals surface area contributed by atoms with Crippen LogP contribution in [-0.2, 0) is 9.59 Å². The number of carbonyl (C=O) groups excluding carboxylic acids is 2. The largest absolute Gasteiger partial charge is 0.389 e. The molecule has 4 rings (SSSR count). The second kappa shape index (κ2) is 5.41. The zero-order valence-electron chi connectivity index (χ0n) is 16.3. The first-order chi connectivity index (χ1) is 11.6. The molecule has 8 atom stereocenters. The molecule has 0 saturated heterocycles. The molecular weight excluding hydrogens is 312 g/mol. The van der Waals surface area contributed by atoms with Crippen LogP contribution in [0.4, 0.5) is 0 Å². The van der Waals surface area contributed by atoms with Crippen LogP contribution in [0.3, 0.4) is 0 Å². The molecule has 3 nitrogen and oxygen atoms in total. The molecule has 0 radical (unpaired) electrons. The van der Waals surface area contributed by atoms with E-state index >= 15 is 0 Å². The molecule has 3 heteroatoms. The highest BCUT2D eigenvalue weighted by atomic mass is 16.3. The number of hydrogen-bond acceptors (Lipinski definition) is 3. The second-order valence-corrected chi connectivity index (χ2v) is 10.4. The van der Waals surface area contributed by atoms with E-state index in [2.05, 4.69) is 20.8 Å². The fraction of sp³-hybridized carbons (Fsp3) is 0.909. The lowest BCUT2D eigenvalue weighted by molar-refractivity contribution is -0.226. The number of carbonyl (C=O) groups is 2. The van der Waals surface area contributed by atoms with Crippen molar-refractivity contribution < 1.29 is 14.7 Å². The minimum atomic E-state index is -0.824. The van der Waals surface area contributed by atoms with Crippen molar-refractivity contribution in [3.05, 3.63) is 0 Å². The van der Waals surface area contributed by atoms with Crippen LogP contribution in [0.25, 0.3) is 0 Å². The van der Waals surface area contributed by atoms with Gasteiger partial charge in [-0.25, -0.2) is 0 Å². The minimum Gasteiger partial charge on any atom is -0.389 e. The topological polar surface area (TPSA) is 54.4 Å². The van der Waals surface area contributed by atoms with Gasteiger partial charge in [-0.3, -0.25) is 9.59 Å². The SMILES string of the molecule is CC(=O)[C@H]1CC[C@H]2[C@@H]3C[C@H](C)[C@@]4(O)CC(=O)CC[C@]4(C)[C@H]3CC[C@]12C. The number of fused-ring (bicyclic) bond motifs is 5. The number of ketones is 2. The average molecular weight is 347 g/mol. The Morgan fingerprint density at radius 3 is 2.52 bits per heavy atom. The summed E-state index contributed by atoms with van der Waals surface area (Å²) in [5, 5.41) is 11.6. The smallest absolute Gasteiger partial charge is 0.135 e. The van der Waals surface area contributed by atoms with Crippen molar-refractivity contribution in [2.24, 2.45) is 40.4 Å². The number of hydrogen-bond donors (Lipinski definition) is 1. The van der Waals surface area contributed by atoms with Gasteiger partial charge in [0.05, 0.1) is 5.60 Å². The van der Waals surface area contributed by atoms with Gasteiger partial charge in [-0.1, -0.05) is 20.8 Å². The van der Waals surface area contributed by atoms with Crippen molar-refractivity contribution in [1.82, 2.24) is 0 Å². The first-order valence-electron chi connectivity index (χ1n) is 10.4. The third-order valence-electron chi connectivity index (χ3n) is 9.57. The molecule has 0 aliphatic heterocycles. The second-order valence-electron chi connectivity index (χ2n) is 10.4. The molecule has 4 fully saturated rings. The molecule has 0 aromatic heterocycles. The van der Waals surface area contributed by atoms with Gasteiger partial charge < -0.3 is 5.11 Å². The standard InChI is InChI=1S/C22H34O3/c1-13-11-16-18-6-5-17(14(2)23)20(18,3)9-8-19(16)21(4)10-7-15(24)12-22(13,21)25/h13,16-19,25H,5-12H2,1-4H3/t13-,16-,17+,18-,19-,20+,21+,22-/m0/s1. The predicted molar refractivity (Wildman–Crippen MR) is 96.9 cm³/mol. The van der Waals surface area contributed by atoms with Crippen LogP contribution in [0, 0.1) is 40.4 Å². The van der Waals surface area contributed by atoms with E-state index in [0.717, 1.165) is 32.1 Å². The molecule has 0 aromatic carbocycles. The maximum Gasteiger partial charge on any atom is 0.135 e. The third kappa shape index (κ3) is 2.14. The van der Waals surface area contributed by atoms with E-state index in [1.165, 1.54) is 6.42 Å². The van der Waals surface area contributed by atoms with E-state index in [9.17, 15) is 14.7 Å². The van der Waals surface area contributed by atoms with Gasteiger partial charge in [0.1, 0.15) is 11.6 Å². The van der Waals surface area contributed by atoms with E-state index in [0.29, 0.717) is 36.4 Å². The molecule has 0 heterocycles. The molecule has 25 heavy (non-hydrogen) atoms. The average Bonchev–Trinajstić information content (AvgIpc) is 2.88. The summed E-state index contributed by atoms with van der Waals surface area (Å²) in [6, 6.07) is 0. The van der Waals surface area contributed by atoms with E-state index in [-0.39, 0.29) is 28.4 Å². The Morgan fingerprint density at radius 2 is 1.84 bits per heavy atom. The Balaban J connectivity index is 1.71. The highest BCUT2D eigenvalue weighted by molar-refractivity contribution is 5.81. The summed E-state index contributed by atoms with van der Waals surface area (Å²) in [7, 11) is 0. The molecule has 4 aliphatic rings. The first kappa shape index (κ1) is 17.7. The van der Waals surface area contributed by atoms with E-state index in [1.54, 1.807) is 6.92 Å². The summed E-state index contributed by atoms with van der Waals surface area (Å²) >= 11 is 0. The van der Waals surface area contributed by atoms with Crippen LogP contribution in [0.15, 0.2) is 0 Å². The highest BCUT2D eigenvalue weighted by Crippen LogP contribution is 2.69. The van der Waals surface area contributed by atoms with Gasteiger partial charge >= 0.3 is 0 Å². The first-order valence-corrected chi connectivity index (χ1v) is 10.4. The minimum absolute atomic E-state index is 0.140. The molecule has 4 saturated carbocycles. The summed E-state index contributed by atoms with van der Waals surface area (Å²) in [5.41, 5.74) is -0.808. The number of aliphatic hydroxyl groups is 1. The van der Waals surface area contributed by atoms with Crippen molar-refractivity contribution >= 4 is 11.6 Å². The van der Waals surface area contributed by atoms with Crippen molar-refractivity contribution in [1.29, 1.82) is 0 Å². The summed E-state index contributed by atoms with van der Waals surface area (Å²) in [6.45, 7) is 8.58. The molecule has 0 bridgehead atoms. The maximum atomic E-state index is 12.2. The molecule has 0 unspecified atom stereocenters. The Kier molecular flexibility index (Phi) is 3.83. The van der Waals surface area contributed by atoms with E-state index in [1.807, 2.05) is 0 Å². The monoisotopic (exact) mass is 346 g/mol. The number of Topliss-reactive ketones (excluding diaryl/α,β-unsaturated/α-hetero) is 2. The van der Waals surface area contributed by atoms with Crippen LogP contribution < -0.4 is 0 Å². The fourth-order valence-corrected chi connectivity index (χ4v) is 8.13. The Labute approximate surface area is 151 Å². The molecule has 0 amide bonds. The van der Waals surface area contributed by atoms with Gasteiger partial charge in [-0.2, -0.15) is 0 Å². The van der Waals surface area contributed by atoms with E-state index < -0.39 is 5.60 Å². The van der Waals surface area contributed by atoms with Crippen molar-refractivity contribution in [2.75, 3.05) is 0 Å². The normalized spacial score (nSPS) is 55.2. The van der Waals surface area contributed by atoms with Crippen LogP contribution in [0.1, 0.15) is 79.1 Å². The Hall–Kier alpha value is -0.700. The van der Waals surface area contributed by atoms with Crippen molar-refractivity contribution in [2.45, 2.75) is 84.7 Å². The van der Waals surface area contributed by atoms with E-state index in [4.69, 9.17) is 0 Å². The summed E-state index contributed by atoms with van der Waals surface area (Å²) in [4.78, 5) is 24.4. The molecule has 1 N–H and O–H groups in total. The molecule has 0 spiro atoms. The van der Waals surface area contributed by atoms with Crippen molar-refractivity contribution in [3.8, 4) is 0 Å². The molecule has 140 valence electrons. The third-order valence-corrected chi connectivity index (χ3v) is 9.57. The zero-order chi connectivity index (χ0) is 18.2. The lowest BCUT2D eigenvalue weighted by atomic mass is 9.41. The predicted octanol–water partition coefficient (Wildman–Crippen LogP) is 4.16. The van der Waals surface area contributed by atoms with Crippen molar-refractivity contribution in [3.63, 3.8) is 0 Å². The van der Waals surface area contributed by atoms with Gasteiger partial charge in [0.15, 0.2) is 0 Å². The quantitative estimate of drug-likeness (QED) is 0.775. The summed E-state index contributed by atoms with van der Waals surface area (Å²) in [6.07, 6.45) is 7.29. The fourth-order valence-electron chi connectivity index (χ4n) is 8.13. The van der Waals surface area contributed by atoms with Crippen LogP contribution in [0.2, 0.25) is 0 Å². The summed E-state index contributed by atoms with van der Waals surface area (Å²) in [5.74, 6) is 2.74. The number of rotatable bonds is 1. The van der Waals surface area contributed by atoms with Gasteiger partial charge in [-0.05, 0) is 74.5 Å². The lowest BCUT2D eigenvalue weighted by Gasteiger charge is -2.65. The van der Waals surface area contributed by atoms with Gasteiger partial charge in [0, 0.05) is 24.2 Å². The Bertz CT molecular complexity index is 612. The van der Waals surface area contributed by atoms with Gasteiger partial charge in [0.25, 0.3) is 0 Å². The lowest BCUT2D eigenvalue weighted by Crippen LogP contribution is -2.65. The molecular formula is C22H34O3. The van der Waals surface area contributed by atoms with Gasteiger partial charge in [-0.15, -0.1) is 0 Å². The van der Waals surface area contributed by atoms with Crippen LogP contribution in [0.5, 0.6) is 0 Å². The molecule has 4 aliphatic carbocycles. The van der Waals surface area contributed by atoms with Crippen LogP contribution >= 0.6 is 0 Å². The zero-order valence-corrected chi connectivity index (χ0v) is 16.3. The highest BCUT2D eigenvalue weighted by Gasteiger charge is 2.66. The van der Waals surface area contributed by atoms with Crippen LogP contribution in [-0.4, -0.2) is 22.3 Å². The van der Waals surface area contributed by atoms with Gasteiger partial charge in [0.2, 0.25) is 0 Å². The Morgan fingerprint density at radius 1 is 1.12 bits per heavy atom. The molecule has 0 aromatic rings. The summed E-state index contributed by atoms with van der Waals surface area (Å²) < 4.78 is 0. The maximum absolute atomic E-state index is 12.2.